The molecule has 0 spiro atoms. The number of benzene rings is 1. The lowest BCUT2D eigenvalue weighted by molar-refractivity contribution is 0.0696. The molecular formula is C13H8N2O2. The molecule has 0 atom stereocenters. The number of aromatic carboxylic acids is 1. The standard InChI is InChI=1S/C13H8N2O2/c16-13(17)10-6-9-5-8-3-1-2-4-11(8)15-12(9)14-7-10/h1-7H,(H,16,17). The van der Waals surface area contributed by atoms with Gasteiger partial charge in [0.25, 0.3) is 0 Å². The van der Waals surface area contributed by atoms with Crippen molar-refractivity contribution in [3.63, 3.8) is 0 Å². The van der Waals surface area contributed by atoms with E-state index in [9.17, 15) is 4.79 Å². The normalized spacial score (nSPS) is 10.8. The van der Waals surface area contributed by atoms with Crippen LogP contribution < -0.4 is 0 Å². The molecule has 0 bridgehead atoms. The van der Waals surface area contributed by atoms with Gasteiger partial charge in [-0.15, -0.1) is 0 Å². The summed E-state index contributed by atoms with van der Waals surface area (Å²) in [5, 5.41) is 10.6. The van der Waals surface area contributed by atoms with E-state index in [4.69, 9.17) is 5.11 Å². The van der Waals surface area contributed by atoms with Crippen molar-refractivity contribution in [3.05, 3.63) is 48.2 Å². The minimum atomic E-state index is -0.979. The average Bonchev–Trinajstić information content (AvgIpc) is 2.35. The zero-order chi connectivity index (χ0) is 11.8. The van der Waals surface area contributed by atoms with Gasteiger partial charge in [0.1, 0.15) is 0 Å². The number of carboxylic acids is 1. The summed E-state index contributed by atoms with van der Waals surface area (Å²) in [6, 6.07) is 11.2. The molecule has 3 rings (SSSR count). The number of carbonyl (C=O) groups is 1. The molecule has 0 amide bonds. The summed E-state index contributed by atoms with van der Waals surface area (Å²) in [6.07, 6.45) is 1.33. The molecule has 4 heteroatoms. The number of aromatic nitrogens is 2. The Balaban J connectivity index is 2.36. The molecule has 0 unspecified atom stereocenters. The molecule has 0 saturated heterocycles. The summed E-state index contributed by atoms with van der Waals surface area (Å²) in [5.41, 5.74) is 1.60. The van der Waals surface area contributed by atoms with Gasteiger partial charge in [-0.05, 0) is 18.2 Å². The first-order valence-electron chi connectivity index (χ1n) is 5.13. The van der Waals surface area contributed by atoms with Crippen LogP contribution in [0.25, 0.3) is 21.9 Å². The zero-order valence-electron chi connectivity index (χ0n) is 8.79. The number of hydrogen-bond donors (Lipinski definition) is 1. The number of carboxylic acid groups (broad SMARTS) is 1. The lowest BCUT2D eigenvalue weighted by Crippen LogP contribution is -1.97. The Labute approximate surface area is 96.6 Å². The van der Waals surface area contributed by atoms with Crippen molar-refractivity contribution >= 4 is 27.9 Å². The van der Waals surface area contributed by atoms with Gasteiger partial charge in [-0.1, -0.05) is 18.2 Å². The van der Waals surface area contributed by atoms with Crippen molar-refractivity contribution in [2.24, 2.45) is 0 Å². The van der Waals surface area contributed by atoms with Crippen LogP contribution in [0.2, 0.25) is 0 Å². The summed E-state index contributed by atoms with van der Waals surface area (Å²) in [4.78, 5) is 19.3. The van der Waals surface area contributed by atoms with E-state index in [1.165, 1.54) is 6.20 Å². The third-order valence-electron chi connectivity index (χ3n) is 2.62. The van der Waals surface area contributed by atoms with E-state index in [2.05, 4.69) is 9.97 Å². The van der Waals surface area contributed by atoms with Crippen LogP contribution in [-0.2, 0) is 0 Å². The van der Waals surface area contributed by atoms with Crippen molar-refractivity contribution in [1.82, 2.24) is 9.97 Å². The van der Waals surface area contributed by atoms with Crippen LogP contribution in [0.4, 0.5) is 0 Å². The van der Waals surface area contributed by atoms with Crippen molar-refractivity contribution < 1.29 is 9.90 Å². The molecule has 2 aromatic heterocycles. The molecule has 0 aliphatic rings. The third kappa shape index (κ3) is 1.59. The largest absolute Gasteiger partial charge is 0.478 e. The summed E-state index contributed by atoms with van der Waals surface area (Å²) in [6.45, 7) is 0. The Morgan fingerprint density at radius 2 is 1.94 bits per heavy atom. The predicted octanol–water partition coefficient (Wildman–Crippen LogP) is 2.48. The van der Waals surface area contributed by atoms with Gasteiger partial charge in [0.05, 0.1) is 11.1 Å². The Bertz CT molecular complexity index is 738. The van der Waals surface area contributed by atoms with Crippen LogP contribution in [-0.4, -0.2) is 21.0 Å². The Kier molecular flexibility index (Phi) is 2.01. The van der Waals surface area contributed by atoms with Crippen LogP contribution in [0.1, 0.15) is 10.4 Å². The SMILES string of the molecule is O=C(O)c1cnc2nc3ccccc3cc2c1. The molecule has 82 valence electrons. The van der Waals surface area contributed by atoms with E-state index in [-0.39, 0.29) is 5.56 Å². The maximum Gasteiger partial charge on any atom is 0.337 e. The second-order valence-corrected chi connectivity index (χ2v) is 3.76. The lowest BCUT2D eigenvalue weighted by atomic mass is 10.1. The number of hydrogen-bond acceptors (Lipinski definition) is 3. The molecule has 0 radical (unpaired) electrons. The zero-order valence-corrected chi connectivity index (χ0v) is 8.79. The van der Waals surface area contributed by atoms with Gasteiger partial charge in [-0.2, -0.15) is 0 Å². The first-order chi connectivity index (χ1) is 8.24. The average molecular weight is 224 g/mol. The van der Waals surface area contributed by atoms with E-state index in [0.717, 1.165) is 16.3 Å². The minimum Gasteiger partial charge on any atom is -0.478 e. The van der Waals surface area contributed by atoms with E-state index < -0.39 is 5.97 Å². The first kappa shape index (κ1) is 9.72. The van der Waals surface area contributed by atoms with Gasteiger partial charge < -0.3 is 5.11 Å². The minimum absolute atomic E-state index is 0.176. The molecule has 3 aromatic rings. The second kappa shape index (κ2) is 3.52. The Hall–Kier alpha value is -2.49. The van der Waals surface area contributed by atoms with Crippen LogP contribution in [0.15, 0.2) is 42.6 Å². The van der Waals surface area contributed by atoms with Gasteiger partial charge in [-0.3, -0.25) is 0 Å². The fourth-order valence-corrected chi connectivity index (χ4v) is 1.78. The topological polar surface area (TPSA) is 63.1 Å². The van der Waals surface area contributed by atoms with Gasteiger partial charge in [0.15, 0.2) is 5.65 Å². The number of fused-ring (bicyclic) bond motifs is 2. The van der Waals surface area contributed by atoms with Crippen molar-refractivity contribution in [3.8, 4) is 0 Å². The second-order valence-electron chi connectivity index (χ2n) is 3.76. The van der Waals surface area contributed by atoms with Crippen molar-refractivity contribution in [2.75, 3.05) is 0 Å². The Morgan fingerprint density at radius 3 is 2.76 bits per heavy atom. The monoisotopic (exact) mass is 224 g/mol. The Morgan fingerprint density at radius 1 is 1.12 bits per heavy atom. The highest BCUT2D eigenvalue weighted by Crippen LogP contribution is 2.18. The lowest BCUT2D eigenvalue weighted by Gasteiger charge is -2.01. The van der Waals surface area contributed by atoms with Gasteiger partial charge in [0.2, 0.25) is 0 Å². The van der Waals surface area contributed by atoms with Gasteiger partial charge >= 0.3 is 5.97 Å². The number of pyridine rings is 2. The molecule has 1 aromatic carbocycles. The highest BCUT2D eigenvalue weighted by Gasteiger charge is 2.06. The molecule has 0 fully saturated rings. The highest BCUT2D eigenvalue weighted by atomic mass is 16.4. The highest BCUT2D eigenvalue weighted by molar-refractivity contribution is 5.95. The quantitative estimate of drug-likeness (QED) is 0.645. The van der Waals surface area contributed by atoms with E-state index >= 15 is 0 Å². The molecular weight excluding hydrogens is 216 g/mol. The molecule has 0 saturated carbocycles. The maximum atomic E-state index is 10.8. The van der Waals surface area contributed by atoms with Crippen LogP contribution >= 0.6 is 0 Å². The van der Waals surface area contributed by atoms with Crippen LogP contribution in [0, 0.1) is 0 Å². The molecule has 17 heavy (non-hydrogen) atoms. The maximum absolute atomic E-state index is 10.8. The summed E-state index contributed by atoms with van der Waals surface area (Å²) < 4.78 is 0. The molecule has 2 heterocycles. The molecule has 0 aliphatic heterocycles. The first-order valence-corrected chi connectivity index (χ1v) is 5.13. The van der Waals surface area contributed by atoms with Gasteiger partial charge in [-0.25, -0.2) is 14.8 Å². The number of para-hydroxylation sites is 1. The van der Waals surface area contributed by atoms with E-state index in [1.807, 2.05) is 30.3 Å². The smallest absolute Gasteiger partial charge is 0.337 e. The summed E-state index contributed by atoms with van der Waals surface area (Å²) >= 11 is 0. The number of rotatable bonds is 1. The third-order valence-corrected chi connectivity index (χ3v) is 2.62. The summed E-state index contributed by atoms with van der Waals surface area (Å²) in [7, 11) is 0. The molecule has 1 N–H and O–H groups in total. The summed E-state index contributed by atoms with van der Waals surface area (Å²) in [5.74, 6) is -0.979. The van der Waals surface area contributed by atoms with Gasteiger partial charge in [0, 0.05) is 17.0 Å². The number of nitrogens with zero attached hydrogens (tertiary/aromatic N) is 2. The molecule has 4 nitrogen and oxygen atoms in total. The van der Waals surface area contributed by atoms with Crippen LogP contribution in [0.3, 0.4) is 0 Å². The van der Waals surface area contributed by atoms with Crippen LogP contribution in [0.5, 0.6) is 0 Å². The fraction of sp³-hybridized carbons (Fsp3) is 0. The predicted molar refractivity (Wildman–Crippen MR) is 64.0 cm³/mol. The van der Waals surface area contributed by atoms with Crippen molar-refractivity contribution in [1.29, 1.82) is 0 Å². The van der Waals surface area contributed by atoms with Crippen molar-refractivity contribution in [2.45, 2.75) is 0 Å². The van der Waals surface area contributed by atoms with E-state index in [1.54, 1.807) is 6.07 Å². The van der Waals surface area contributed by atoms with E-state index in [0.29, 0.717) is 5.65 Å². The molecule has 0 aliphatic carbocycles. The fourth-order valence-electron chi connectivity index (χ4n) is 1.78.